The molecule has 0 aliphatic heterocycles. The van der Waals surface area contributed by atoms with Crippen LogP contribution in [0, 0.1) is 0 Å². The van der Waals surface area contributed by atoms with Crippen LogP contribution >= 0.6 is 0 Å². The molecular weight excluding hydrogens is 304 g/mol. The SMILES string of the molecule is CCOC(=O)Cc1ccc(-c2cn(N)c(=O)c3ccccc23)cc1. The number of fused-ring (bicyclic) bond motifs is 1. The van der Waals surface area contributed by atoms with Gasteiger partial charge < -0.3 is 10.6 Å². The number of rotatable bonds is 4. The second-order valence-corrected chi connectivity index (χ2v) is 5.48. The summed E-state index contributed by atoms with van der Waals surface area (Å²) in [4.78, 5) is 23.7. The lowest BCUT2D eigenvalue weighted by molar-refractivity contribution is -0.142. The van der Waals surface area contributed by atoms with Gasteiger partial charge in [0, 0.05) is 17.1 Å². The van der Waals surface area contributed by atoms with Gasteiger partial charge in [-0.25, -0.2) is 4.68 Å². The first-order valence-corrected chi connectivity index (χ1v) is 7.74. The number of aromatic nitrogens is 1. The maximum atomic E-state index is 12.1. The van der Waals surface area contributed by atoms with E-state index in [1.54, 1.807) is 19.2 Å². The van der Waals surface area contributed by atoms with E-state index in [1.165, 1.54) is 0 Å². The highest BCUT2D eigenvalue weighted by Gasteiger charge is 2.10. The van der Waals surface area contributed by atoms with E-state index < -0.39 is 0 Å². The van der Waals surface area contributed by atoms with Crippen molar-refractivity contribution < 1.29 is 9.53 Å². The van der Waals surface area contributed by atoms with Crippen molar-refractivity contribution in [3.63, 3.8) is 0 Å². The third-order valence-corrected chi connectivity index (χ3v) is 3.87. The van der Waals surface area contributed by atoms with Crippen molar-refractivity contribution in [3.05, 3.63) is 70.6 Å². The highest BCUT2D eigenvalue weighted by Crippen LogP contribution is 2.26. The van der Waals surface area contributed by atoms with Crippen LogP contribution in [0.4, 0.5) is 0 Å². The fourth-order valence-electron chi connectivity index (χ4n) is 2.72. The maximum Gasteiger partial charge on any atom is 0.310 e. The van der Waals surface area contributed by atoms with Crippen molar-refractivity contribution >= 4 is 16.7 Å². The molecule has 0 spiro atoms. The van der Waals surface area contributed by atoms with Crippen molar-refractivity contribution in [1.29, 1.82) is 0 Å². The molecule has 5 heteroatoms. The predicted octanol–water partition coefficient (Wildman–Crippen LogP) is 2.49. The minimum absolute atomic E-state index is 0.228. The first kappa shape index (κ1) is 15.8. The average molecular weight is 322 g/mol. The number of carbonyl (C=O) groups excluding carboxylic acids is 1. The average Bonchev–Trinajstić information content (AvgIpc) is 2.59. The van der Waals surface area contributed by atoms with Crippen molar-refractivity contribution in [1.82, 2.24) is 4.68 Å². The summed E-state index contributed by atoms with van der Waals surface area (Å²) < 4.78 is 6.06. The summed E-state index contributed by atoms with van der Waals surface area (Å²) in [7, 11) is 0. The lowest BCUT2D eigenvalue weighted by Gasteiger charge is -2.10. The largest absolute Gasteiger partial charge is 0.466 e. The second-order valence-electron chi connectivity index (χ2n) is 5.48. The Morgan fingerprint density at radius 3 is 2.42 bits per heavy atom. The fraction of sp³-hybridized carbons (Fsp3) is 0.158. The van der Waals surface area contributed by atoms with Crippen LogP contribution < -0.4 is 11.4 Å². The van der Waals surface area contributed by atoms with Gasteiger partial charge in [-0.1, -0.05) is 42.5 Å². The number of ether oxygens (including phenoxy) is 1. The first-order valence-electron chi connectivity index (χ1n) is 7.74. The summed E-state index contributed by atoms with van der Waals surface area (Å²) >= 11 is 0. The Bertz CT molecular complexity index is 943. The highest BCUT2D eigenvalue weighted by molar-refractivity contribution is 5.95. The fourth-order valence-corrected chi connectivity index (χ4v) is 2.72. The van der Waals surface area contributed by atoms with Gasteiger partial charge in [-0.15, -0.1) is 0 Å². The molecule has 0 saturated heterocycles. The van der Waals surface area contributed by atoms with Gasteiger partial charge in [0.15, 0.2) is 0 Å². The minimum Gasteiger partial charge on any atom is -0.466 e. The molecule has 0 bridgehead atoms. The molecule has 0 amide bonds. The third-order valence-electron chi connectivity index (χ3n) is 3.87. The molecule has 0 unspecified atom stereocenters. The molecule has 0 radical (unpaired) electrons. The zero-order chi connectivity index (χ0) is 17.1. The van der Waals surface area contributed by atoms with Gasteiger partial charge in [0.2, 0.25) is 0 Å². The van der Waals surface area contributed by atoms with E-state index in [0.29, 0.717) is 12.0 Å². The molecule has 0 saturated carbocycles. The van der Waals surface area contributed by atoms with Crippen LogP contribution in [0.25, 0.3) is 21.9 Å². The van der Waals surface area contributed by atoms with Crippen LogP contribution in [0.2, 0.25) is 0 Å². The van der Waals surface area contributed by atoms with E-state index in [1.807, 2.05) is 42.5 Å². The van der Waals surface area contributed by atoms with E-state index in [-0.39, 0.29) is 17.9 Å². The predicted molar refractivity (Wildman–Crippen MR) is 94.1 cm³/mol. The number of nitrogens with zero attached hydrogens (tertiary/aromatic N) is 1. The Morgan fingerprint density at radius 1 is 1.08 bits per heavy atom. The standard InChI is InChI=1S/C19H18N2O3/c1-2-24-18(22)11-13-7-9-14(10-8-13)17-12-21(20)19(23)16-6-4-3-5-15(16)17/h3-10,12H,2,11,20H2,1H3. The number of esters is 1. The number of benzene rings is 2. The monoisotopic (exact) mass is 322 g/mol. The highest BCUT2D eigenvalue weighted by atomic mass is 16.5. The van der Waals surface area contributed by atoms with Gasteiger partial charge in [0.1, 0.15) is 0 Å². The zero-order valence-corrected chi connectivity index (χ0v) is 13.4. The molecule has 3 aromatic rings. The second kappa shape index (κ2) is 6.58. The molecule has 0 fully saturated rings. The number of pyridine rings is 1. The molecule has 0 aliphatic rings. The molecule has 1 heterocycles. The quantitative estimate of drug-likeness (QED) is 0.591. The minimum atomic E-state index is -0.244. The Kier molecular flexibility index (Phi) is 4.33. The Balaban J connectivity index is 2.01. The van der Waals surface area contributed by atoms with Crippen LogP contribution in [0.1, 0.15) is 12.5 Å². The van der Waals surface area contributed by atoms with Crippen LogP contribution in [0.3, 0.4) is 0 Å². The zero-order valence-electron chi connectivity index (χ0n) is 13.4. The molecule has 2 N–H and O–H groups in total. The first-order chi connectivity index (χ1) is 11.6. The lowest BCUT2D eigenvalue weighted by Crippen LogP contribution is -2.26. The Morgan fingerprint density at radius 2 is 1.75 bits per heavy atom. The van der Waals surface area contributed by atoms with Gasteiger partial charge in [-0.05, 0) is 29.5 Å². The number of hydrogen-bond acceptors (Lipinski definition) is 4. The van der Waals surface area contributed by atoms with Gasteiger partial charge in [0.05, 0.1) is 13.0 Å². The summed E-state index contributed by atoms with van der Waals surface area (Å²) in [6.45, 7) is 2.16. The van der Waals surface area contributed by atoms with E-state index in [9.17, 15) is 9.59 Å². The van der Waals surface area contributed by atoms with Crippen LogP contribution in [0.5, 0.6) is 0 Å². The number of carbonyl (C=O) groups is 1. The summed E-state index contributed by atoms with van der Waals surface area (Å²) in [5.41, 5.74) is 2.45. The van der Waals surface area contributed by atoms with E-state index in [0.717, 1.165) is 26.8 Å². The molecule has 0 aliphatic carbocycles. The summed E-state index contributed by atoms with van der Waals surface area (Å²) in [6.07, 6.45) is 1.87. The normalized spacial score (nSPS) is 10.7. The van der Waals surface area contributed by atoms with Crippen LogP contribution in [-0.4, -0.2) is 17.3 Å². The smallest absolute Gasteiger partial charge is 0.310 e. The topological polar surface area (TPSA) is 74.3 Å². The van der Waals surface area contributed by atoms with Crippen molar-refractivity contribution in [2.45, 2.75) is 13.3 Å². The van der Waals surface area contributed by atoms with Gasteiger partial charge in [0.25, 0.3) is 5.56 Å². The van der Waals surface area contributed by atoms with E-state index in [2.05, 4.69) is 0 Å². The summed E-state index contributed by atoms with van der Waals surface area (Å²) in [5, 5.41) is 1.43. The number of nitrogen functional groups attached to an aromatic ring is 1. The van der Waals surface area contributed by atoms with Gasteiger partial charge >= 0.3 is 5.97 Å². The van der Waals surface area contributed by atoms with E-state index in [4.69, 9.17) is 10.6 Å². The molecule has 1 aromatic heterocycles. The lowest BCUT2D eigenvalue weighted by atomic mass is 9.99. The molecular formula is C19H18N2O3. The molecule has 5 nitrogen and oxygen atoms in total. The van der Waals surface area contributed by atoms with Crippen LogP contribution in [-0.2, 0) is 16.0 Å². The third kappa shape index (κ3) is 3.01. The van der Waals surface area contributed by atoms with Crippen LogP contribution in [0.15, 0.2) is 59.5 Å². The van der Waals surface area contributed by atoms with Gasteiger partial charge in [-0.3, -0.25) is 9.59 Å². The van der Waals surface area contributed by atoms with Crippen molar-refractivity contribution in [2.24, 2.45) is 0 Å². The Labute approximate surface area is 139 Å². The van der Waals surface area contributed by atoms with E-state index >= 15 is 0 Å². The molecule has 24 heavy (non-hydrogen) atoms. The van der Waals surface area contributed by atoms with Crippen molar-refractivity contribution in [2.75, 3.05) is 12.4 Å². The Hall–Kier alpha value is -3.08. The van der Waals surface area contributed by atoms with Gasteiger partial charge in [-0.2, -0.15) is 0 Å². The molecule has 2 aromatic carbocycles. The molecule has 0 atom stereocenters. The maximum absolute atomic E-state index is 12.1. The summed E-state index contributed by atoms with van der Waals surface area (Å²) in [6, 6.07) is 15.0. The summed E-state index contributed by atoms with van der Waals surface area (Å²) in [5.74, 6) is 5.55. The number of hydrogen-bond donors (Lipinski definition) is 1. The molecule has 122 valence electrons. The molecule has 3 rings (SSSR count). The number of nitrogens with two attached hydrogens (primary N) is 1. The van der Waals surface area contributed by atoms with Crippen molar-refractivity contribution in [3.8, 4) is 11.1 Å².